The summed E-state index contributed by atoms with van der Waals surface area (Å²) in [4.78, 5) is 16.0. The Balaban J connectivity index is 1.97. The van der Waals surface area contributed by atoms with Gasteiger partial charge in [0.15, 0.2) is 11.6 Å². The van der Waals surface area contributed by atoms with E-state index in [1.54, 1.807) is 14.2 Å². The molecule has 3 aromatic rings. The number of carbonyl (C=O) groups is 1. The Labute approximate surface area is 158 Å². The van der Waals surface area contributed by atoms with Crippen LogP contribution in [0.1, 0.15) is 17.5 Å². The fraction of sp³-hybridized carbons (Fsp3) is 0.238. The van der Waals surface area contributed by atoms with Crippen molar-refractivity contribution in [2.45, 2.75) is 19.8 Å². The van der Waals surface area contributed by atoms with E-state index in [2.05, 4.69) is 10.3 Å². The van der Waals surface area contributed by atoms with Gasteiger partial charge in [0.1, 0.15) is 5.75 Å². The van der Waals surface area contributed by atoms with Gasteiger partial charge in [-0.25, -0.2) is 0 Å². The molecule has 0 atom stereocenters. The number of nitrogen functional groups attached to an aromatic ring is 1. The van der Waals surface area contributed by atoms with Crippen LogP contribution in [0, 0.1) is 6.92 Å². The number of nitrogens with zero attached hydrogens (tertiary/aromatic N) is 1. The first kappa shape index (κ1) is 18.5. The van der Waals surface area contributed by atoms with Crippen molar-refractivity contribution >= 4 is 11.7 Å². The number of aryl methyl sites for hydroxylation is 2. The number of nitrogens with two attached hydrogens (primary N) is 1. The van der Waals surface area contributed by atoms with Gasteiger partial charge in [-0.3, -0.25) is 4.79 Å². The molecule has 1 amide bonds. The average molecular weight is 365 g/mol. The van der Waals surface area contributed by atoms with Gasteiger partial charge in [0.2, 0.25) is 11.8 Å². The maximum Gasteiger partial charge on any atom is 0.228 e. The molecule has 3 N–H and O–H groups in total. The maximum atomic E-state index is 11.6. The van der Waals surface area contributed by atoms with Crippen LogP contribution in [0.4, 0.5) is 5.82 Å². The maximum absolute atomic E-state index is 11.6. The van der Waals surface area contributed by atoms with E-state index in [9.17, 15) is 4.79 Å². The van der Waals surface area contributed by atoms with Crippen molar-refractivity contribution in [1.29, 1.82) is 0 Å². The molecule has 6 nitrogen and oxygen atoms in total. The number of benzene rings is 2. The summed E-state index contributed by atoms with van der Waals surface area (Å²) in [5, 5.41) is 2.64. The quantitative estimate of drug-likeness (QED) is 0.697. The third-order valence-electron chi connectivity index (χ3n) is 4.47. The minimum absolute atomic E-state index is 0.0113. The molecule has 0 aliphatic carbocycles. The lowest BCUT2D eigenvalue weighted by molar-refractivity contribution is -0.120. The summed E-state index contributed by atoms with van der Waals surface area (Å²) in [5.41, 5.74) is 9.79. The molecule has 27 heavy (non-hydrogen) atoms. The van der Waals surface area contributed by atoms with Crippen LogP contribution in [0.2, 0.25) is 0 Å². The Bertz CT molecular complexity index is 963. The highest BCUT2D eigenvalue weighted by molar-refractivity contribution is 5.77. The number of anilines is 1. The molecule has 0 fully saturated rings. The molecule has 140 valence electrons. The monoisotopic (exact) mass is 365 g/mol. The van der Waals surface area contributed by atoms with Crippen molar-refractivity contribution < 1.29 is 13.9 Å². The second-order valence-electron chi connectivity index (χ2n) is 6.25. The number of nitrogens with one attached hydrogen (secondary N) is 1. The number of hydrogen-bond acceptors (Lipinski definition) is 5. The normalized spacial score (nSPS) is 10.6. The fourth-order valence-electron chi connectivity index (χ4n) is 2.93. The Kier molecular flexibility index (Phi) is 5.45. The first-order chi connectivity index (χ1) is 13.0. The standard InChI is InChI=1S/C21H23N3O3/c1-13-8-9-15(12-17(13)26-3)21-24-20(22)19(27-21)16-7-5-4-6-14(16)10-11-18(25)23-2/h4-9,12H,10-11,22H2,1-3H3,(H,23,25). The minimum Gasteiger partial charge on any atom is -0.496 e. The van der Waals surface area contributed by atoms with E-state index >= 15 is 0 Å². The summed E-state index contributed by atoms with van der Waals surface area (Å²) in [6.07, 6.45) is 0.979. The number of amides is 1. The molecular weight excluding hydrogens is 342 g/mol. The number of rotatable bonds is 6. The molecule has 0 saturated heterocycles. The second-order valence-corrected chi connectivity index (χ2v) is 6.25. The molecule has 0 saturated carbocycles. The number of aromatic nitrogens is 1. The number of carbonyl (C=O) groups excluding carboxylic acids is 1. The van der Waals surface area contributed by atoms with Gasteiger partial charge < -0.3 is 20.2 Å². The smallest absolute Gasteiger partial charge is 0.228 e. The van der Waals surface area contributed by atoms with Gasteiger partial charge >= 0.3 is 0 Å². The molecule has 3 rings (SSSR count). The van der Waals surface area contributed by atoms with Crippen molar-refractivity contribution in [2.24, 2.45) is 0 Å². The highest BCUT2D eigenvalue weighted by Crippen LogP contribution is 2.35. The van der Waals surface area contributed by atoms with Gasteiger partial charge in [-0.05, 0) is 36.6 Å². The molecular formula is C21H23N3O3. The summed E-state index contributed by atoms with van der Waals surface area (Å²) >= 11 is 0. The van der Waals surface area contributed by atoms with E-state index in [0.717, 1.165) is 28.0 Å². The molecule has 1 heterocycles. The number of oxazole rings is 1. The van der Waals surface area contributed by atoms with Crippen LogP contribution < -0.4 is 15.8 Å². The predicted molar refractivity (Wildman–Crippen MR) is 105 cm³/mol. The van der Waals surface area contributed by atoms with Crippen LogP contribution >= 0.6 is 0 Å². The zero-order valence-corrected chi connectivity index (χ0v) is 15.7. The number of ether oxygens (including phenoxy) is 1. The fourth-order valence-corrected chi connectivity index (χ4v) is 2.93. The van der Waals surface area contributed by atoms with Gasteiger partial charge in [0.05, 0.1) is 7.11 Å². The summed E-state index contributed by atoms with van der Waals surface area (Å²) in [7, 11) is 3.26. The lowest BCUT2D eigenvalue weighted by Crippen LogP contribution is -2.18. The van der Waals surface area contributed by atoms with Gasteiger partial charge in [-0.2, -0.15) is 4.98 Å². The van der Waals surface area contributed by atoms with Crippen LogP contribution in [-0.2, 0) is 11.2 Å². The highest BCUT2D eigenvalue weighted by Gasteiger charge is 2.18. The first-order valence-electron chi connectivity index (χ1n) is 8.73. The largest absolute Gasteiger partial charge is 0.496 e. The Morgan fingerprint density at radius 1 is 1.26 bits per heavy atom. The molecule has 0 aliphatic heterocycles. The summed E-state index contributed by atoms with van der Waals surface area (Å²) in [6.45, 7) is 1.97. The van der Waals surface area contributed by atoms with Crippen LogP contribution in [0.5, 0.6) is 5.75 Å². The van der Waals surface area contributed by atoms with Crippen LogP contribution in [0.15, 0.2) is 46.9 Å². The van der Waals surface area contributed by atoms with Crippen molar-refractivity contribution in [1.82, 2.24) is 10.3 Å². The Morgan fingerprint density at radius 2 is 2.04 bits per heavy atom. The van der Waals surface area contributed by atoms with E-state index in [1.165, 1.54) is 0 Å². The highest BCUT2D eigenvalue weighted by atomic mass is 16.5. The summed E-state index contributed by atoms with van der Waals surface area (Å²) in [5.74, 6) is 2.01. The third-order valence-corrected chi connectivity index (χ3v) is 4.47. The number of hydrogen-bond donors (Lipinski definition) is 2. The van der Waals surface area contributed by atoms with Gasteiger partial charge in [-0.1, -0.05) is 30.3 Å². The van der Waals surface area contributed by atoms with Crippen molar-refractivity contribution in [2.75, 3.05) is 19.9 Å². The predicted octanol–water partition coefficient (Wildman–Crippen LogP) is 3.59. The average Bonchev–Trinajstić information content (AvgIpc) is 3.08. The Hall–Kier alpha value is -3.28. The van der Waals surface area contributed by atoms with Crippen molar-refractivity contribution in [3.05, 3.63) is 53.6 Å². The van der Waals surface area contributed by atoms with Gasteiger partial charge in [-0.15, -0.1) is 0 Å². The summed E-state index contributed by atoms with van der Waals surface area (Å²) < 4.78 is 11.4. The second kappa shape index (κ2) is 7.95. The van der Waals surface area contributed by atoms with Crippen LogP contribution in [0.3, 0.4) is 0 Å². The van der Waals surface area contributed by atoms with Gasteiger partial charge in [0.25, 0.3) is 0 Å². The molecule has 0 unspecified atom stereocenters. The summed E-state index contributed by atoms with van der Waals surface area (Å²) in [6, 6.07) is 13.5. The van der Waals surface area contributed by atoms with E-state index in [-0.39, 0.29) is 5.91 Å². The third kappa shape index (κ3) is 3.95. The van der Waals surface area contributed by atoms with Crippen molar-refractivity contribution in [3.8, 4) is 28.5 Å². The lowest BCUT2D eigenvalue weighted by Gasteiger charge is -2.07. The van der Waals surface area contributed by atoms with E-state index < -0.39 is 0 Å². The molecule has 2 aromatic carbocycles. The molecule has 6 heteroatoms. The molecule has 0 aliphatic rings. The Morgan fingerprint density at radius 3 is 2.78 bits per heavy atom. The molecule has 0 bridgehead atoms. The topological polar surface area (TPSA) is 90.4 Å². The first-order valence-corrected chi connectivity index (χ1v) is 8.73. The molecule has 0 spiro atoms. The lowest BCUT2D eigenvalue weighted by atomic mass is 10.0. The van der Waals surface area contributed by atoms with E-state index in [4.69, 9.17) is 14.9 Å². The minimum atomic E-state index is -0.0113. The van der Waals surface area contributed by atoms with Crippen LogP contribution in [-0.4, -0.2) is 25.0 Å². The molecule has 0 radical (unpaired) electrons. The zero-order valence-electron chi connectivity index (χ0n) is 15.7. The van der Waals surface area contributed by atoms with Crippen LogP contribution in [0.25, 0.3) is 22.8 Å². The SMILES string of the molecule is CNC(=O)CCc1ccccc1-c1oc(-c2ccc(C)c(OC)c2)nc1N. The van der Waals surface area contributed by atoms with E-state index in [1.807, 2.05) is 49.4 Å². The van der Waals surface area contributed by atoms with Gasteiger partial charge in [0, 0.05) is 24.6 Å². The van der Waals surface area contributed by atoms with E-state index in [0.29, 0.717) is 30.3 Å². The zero-order chi connectivity index (χ0) is 19.4. The number of methoxy groups -OCH3 is 1. The van der Waals surface area contributed by atoms with Crippen molar-refractivity contribution in [3.63, 3.8) is 0 Å². The molecule has 1 aromatic heterocycles.